The van der Waals surface area contributed by atoms with Crippen LogP contribution in [-0.4, -0.2) is 20.1 Å². The minimum absolute atomic E-state index is 0.106. The van der Waals surface area contributed by atoms with E-state index in [2.05, 4.69) is 17.1 Å². The van der Waals surface area contributed by atoms with Crippen LogP contribution in [0.25, 0.3) is 0 Å². The van der Waals surface area contributed by atoms with Crippen LogP contribution < -0.4 is 10.2 Å². The van der Waals surface area contributed by atoms with Gasteiger partial charge in [-0.2, -0.15) is 0 Å². The molecule has 0 bridgehead atoms. The molecule has 1 fully saturated rings. The van der Waals surface area contributed by atoms with Crippen molar-refractivity contribution in [2.75, 3.05) is 19.0 Å². The summed E-state index contributed by atoms with van der Waals surface area (Å²) < 4.78 is 14.4. The largest absolute Gasteiger partial charge is 0.369 e. The lowest BCUT2D eigenvalue weighted by Crippen LogP contribution is -2.36. The summed E-state index contributed by atoms with van der Waals surface area (Å²) in [4.78, 5) is 2.14. The summed E-state index contributed by atoms with van der Waals surface area (Å²) in [5, 5.41) is 3.15. The number of benzene rings is 1. The van der Waals surface area contributed by atoms with Crippen molar-refractivity contribution in [3.05, 3.63) is 29.6 Å². The maximum atomic E-state index is 14.4. The molecule has 1 aromatic rings. The molecule has 1 aliphatic carbocycles. The smallest absolute Gasteiger partial charge is 0.146 e. The summed E-state index contributed by atoms with van der Waals surface area (Å²) in [5.74, 6) is 0.646. The van der Waals surface area contributed by atoms with Crippen LogP contribution >= 0.6 is 0 Å². The summed E-state index contributed by atoms with van der Waals surface area (Å²) in [6.07, 6.45) is 4.91. The summed E-state index contributed by atoms with van der Waals surface area (Å²) in [7, 11) is 3.92. The number of hydrogen-bond acceptors (Lipinski definition) is 2. The molecule has 112 valence electrons. The van der Waals surface area contributed by atoms with Crippen LogP contribution in [0, 0.1) is 11.7 Å². The molecule has 2 rings (SSSR count). The Morgan fingerprint density at radius 2 is 2.10 bits per heavy atom. The molecule has 0 aliphatic heterocycles. The van der Waals surface area contributed by atoms with Crippen molar-refractivity contribution in [3.63, 3.8) is 0 Å². The molecule has 0 saturated heterocycles. The van der Waals surface area contributed by atoms with Crippen LogP contribution in [0.3, 0.4) is 0 Å². The Balaban J connectivity index is 2.15. The van der Waals surface area contributed by atoms with Gasteiger partial charge >= 0.3 is 0 Å². The second-order valence-electron chi connectivity index (χ2n) is 6.26. The molecule has 0 radical (unpaired) electrons. The lowest BCUT2D eigenvalue weighted by molar-refractivity contribution is 0.335. The van der Waals surface area contributed by atoms with Gasteiger partial charge in [0.25, 0.3) is 0 Å². The van der Waals surface area contributed by atoms with E-state index in [0.717, 1.165) is 17.2 Å². The van der Waals surface area contributed by atoms with Crippen molar-refractivity contribution in [2.45, 2.75) is 51.6 Å². The fourth-order valence-corrected chi connectivity index (χ4v) is 3.20. The number of anilines is 1. The number of hydrogen-bond donors (Lipinski definition) is 1. The Morgan fingerprint density at radius 3 is 2.70 bits per heavy atom. The van der Waals surface area contributed by atoms with E-state index in [0.29, 0.717) is 6.04 Å². The van der Waals surface area contributed by atoms with E-state index in [1.807, 2.05) is 33.2 Å². The first-order valence-electron chi connectivity index (χ1n) is 7.72. The minimum atomic E-state index is -0.106. The molecular formula is C17H27FN2. The van der Waals surface area contributed by atoms with Gasteiger partial charge in [-0.3, -0.25) is 0 Å². The van der Waals surface area contributed by atoms with Crippen LogP contribution in [0.5, 0.6) is 0 Å². The predicted molar refractivity (Wildman–Crippen MR) is 83.7 cm³/mol. The molecule has 1 aliphatic rings. The van der Waals surface area contributed by atoms with E-state index in [1.54, 1.807) is 6.07 Å². The van der Waals surface area contributed by atoms with E-state index >= 15 is 0 Å². The van der Waals surface area contributed by atoms with E-state index in [4.69, 9.17) is 0 Å². The van der Waals surface area contributed by atoms with Gasteiger partial charge in [0.15, 0.2) is 0 Å². The lowest BCUT2D eigenvalue weighted by atomic mass is 9.86. The molecule has 0 amide bonds. The average molecular weight is 278 g/mol. The molecule has 3 atom stereocenters. The van der Waals surface area contributed by atoms with Gasteiger partial charge in [0, 0.05) is 19.1 Å². The van der Waals surface area contributed by atoms with Crippen molar-refractivity contribution in [2.24, 2.45) is 5.92 Å². The zero-order valence-electron chi connectivity index (χ0n) is 13.1. The first kappa shape index (κ1) is 15.3. The zero-order valence-corrected chi connectivity index (χ0v) is 13.1. The molecule has 3 heteroatoms. The number of nitrogens with zero attached hydrogens (tertiary/aromatic N) is 1. The Bertz CT molecular complexity index is 447. The van der Waals surface area contributed by atoms with Crippen LogP contribution in [-0.2, 0) is 0 Å². The highest BCUT2D eigenvalue weighted by Gasteiger charge is 2.24. The highest BCUT2D eigenvalue weighted by atomic mass is 19.1. The molecule has 1 saturated carbocycles. The topological polar surface area (TPSA) is 15.3 Å². The molecule has 1 N–H and O–H groups in total. The van der Waals surface area contributed by atoms with Gasteiger partial charge in [0.1, 0.15) is 5.82 Å². The Labute approximate surface area is 122 Å². The quantitative estimate of drug-likeness (QED) is 0.891. The molecule has 3 unspecified atom stereocenters. The highest BCUT2D eigenvalue weighted by Crippen LogP contribution is 2.31. The molecule has 1 aromatic carbocycles. The number of rotatable bonds is 4. The molecule has 2 nitrogen and oxygen atoms in total. The van der Waals surface area contributed by atoms with Crippen molar-refractivity contribution < 1.29 is 4.39 Å². The third-order valence-electron chi connectivity index (χ3n) is 4.74. The van der Waals surface area contributed by atoms with Crippen molar-refractivity contribution in [1.29, 1.82) is 0 Å². The maximum absolute atomic E-state index is 14.4. The average Bonchev–Trinajstić information content (AvgIpc) is 2.45. The Morgan fingerprint density at radius 1 is 1.35 bits per heavy atom. The van der Waals surface area contributed by atoms with Crippen molar-refractivity contribution >= 4 is 5.69 Å². The van der Waals surface area contributed by atoms with E-state index in [9.17, 15) is 4.39 Å². The summed E-state index contributed by atoms with van der Waals surface area (Å²) in [6, 6.07) is 6.28. The fourth-order valence-electron chi connectivity index (χ4n) is 3.20. The predicted octanol–water partition coefficient (Wildman–Crippen LogP) is 4.12. The van der Waals surface area contributed by atoms with Crippen LogP contribution in [0.4, 0.5) is 10.1 Å². The lowest BCUT2D eigenvalue weighted by Gasteiger charge is -2.36. The van der Waals surface area contributed by atoms with Gasteiger partial charge in [-0.05, 0) is 50.4 Å². The second kappa shape index (κ2) is 6.57. The zero-order chi connectivity index (χ0) is 14.7. The van der Waals surface area contributed by atoms with Gasteiger partial charge in [-0.25, -0.2) is 4.39 Å². The van der Waals surface area contributed by atoms with E-state index in [1.165, 1.54) is 25.7 Å². The fraction of sp³-hybridized carbons (Fsp3) is 0.647. The summed E-state index contributed by atoms with van der Waals surface area (Å²) in [6.45, 7) is 4.34. The van der Waals surface area contributed by atoms with Gasteiger partial charge < -0.3 is 10.2 Å². The highest BCUT2D eigenvalue weighted by molar-refractivity contribution is 5.50. The SMILES string of the molecule is CNC(C)c1ccc(N(C)C2CCCC(C)C2)c(F)c1. The van der Waals surface area contributed by atoms with Gasteiger partial charge in [0.2, 0.25) is 0 Å². The van der Waals surface area contributed by atoms with Gasteiger partial charge in [-0.1, -0.05) is 25.8 Å². The Hall–Kier alpha value is -1.09. The third-order valence-corrected chi connectivity index (χ3v) is 4.74. The molecule has 20 heavy (non-hydrogen) atoms. The number of nitrogens with one attached hydrogen (secondary N) is 1. The van der Waals surface area contributed by atoms with Gasteiger partial charge in [-0.15, -0.1) is 0 Å². The molecule has 0 aromatic heterocycles. The molecule has 0 heterocycles. The van der Waals surface area contributed by atoms with E-state index in [-0.39, 0.29) is 11.9 Å². The standard InChI is InChI=1S/C17H27FN2/c1-12-6-5-7-15(10-12)20(4)17-9-8-14(11-16(17)18)13(2)19-3/h8-9,11-13,15,19H,5-7,10H2,1-4H3. The van der Waals surface area contributed by atoms with Crippen LogP contribution in [0.1, 0.15) is 51.1 Å². The third kappa shape index (κ3) is 3.32. The van der Waals surface area contributed by atoms with Crippen molar-refractivity contribution in [1.82, 2.24) is 5.32 Å². The number of halogens is 1. The first-order valence-corrected chi connectivity index (χ1v) is 7.72. The van der Waals surface area contributed by atoms with Gasteiger partial charge in [0.05, 0.1) is 5.69 Å². The second-order valence-corrected chi connectivity index (χ2v) is 6.26. The summed E-state index contributed by atoms with van der Waals surface area (Å²) >= 11 is 0. The minimum Gasteiger partial charge on any atom is -0.369 e. The Kier molecular flexibility index (Phi) is 5.03. The molecular weight excluding hydrogens is 251 g/mol. The molecule has 0 spiro atoms. The normalized spacial score (nSPS) is 24.4. The van der Waals surface area contributed by atoms with E-state index < -0.39 is 0 Å². The first-order chi connectivity index (χ1) is 9.52. The summed E-state index contributed by atoms with van der Waals surface area (Å²) in [5.41, 5.74) is 1.73. The maximum Gasteiger partial charge on any atom is 0.146 e. The van der Waals surface area contributed by atoms with Crippen molar-refractivity contribution in [3.8, 4) is 0 Å². The monoisotopic (exact) mass is 278 g/mol. The van der Waals surface area contributed by atoms with Crippen LogP contribution in [0.15, 0.2) is 18.2 Å². The van der Waals surface area contributed by atoms with Crippen LogP contribution in [0.2, 0.25) is 0 Å².